The molecule has 4 nitrogen and oxygen atoms in total. The first-order valence-corrected chi connectivity index (χ1v) is 8.21. The predicted octanol–water partition coefficient (Wildman–Crippen LogP) is 2.18. The molecule has 0 amide bonds. The maximum Gasteiger partial charge on any atom is 0.0909 e. The number of hydrogen-bond donors (Lipinski definition) is 2. The first kappa shape index (κ1) is 15.0. The lowest BCUT2D eigenvalue weighted by Crippen LogP contribution is -2.49. The second-order valence-electron chi connectivity index (χ2n) is 6.24. The number of benzene rings is 1. The molecule has 1 saturated heterocycles. The topological polar surface area (TPSA) is 50.5 Å². The van der Waals surface area contributed by atoms with Gasteiger partial charge in [0.05, 0.1) is 18.8 Å². The average molecular weight is 289 g/mol. The number of ether oxygens (including phenoxy) is 1. The van der Waals surface area contributed by atoms with Gasteiger partial charge >= 0.3 is 0 Å². The van der Waals surface area contributed by atoms with Crippen molar-refractivity contribution in [3.63, 3.8) is 0 Å². The fourth-order valence-corrected chi connectivity index (χ4v) is 3.39. The van der Waals surface area contributed by atoms with Crippen molar-refractivity contribution in [1.29, 1.82) is 0 Å². The van der Waals surface area contributed by atoms with Crippen molar-refractivity contribution in [3.05, 3.63) is 35.4 Å². The summed E-state index contributed by atoms with van der Waals surface area (Å²) in [7, 11) is 0. The quantitative estimate of drug-likeness (QED) is 0.644. The number of likely N-dealkylation sites (N-methyl/N-ethyl adjacent to an activating group) is 1. The van der Waals surface area contributed by atoms with Crippen molar-refractivity contribution in [3.8, 4) is 0 Å². The molecule has 1 heterocycles. The zero-order valence-corrected chi connectivity index (χ0v) is 12.9. The van der Waals surface area contributed by atoms with E-state index in [1.54, 1.807) is 0 Å². The number of rotatable bonds is 5. The average Bonchev–Trinajstić information content (AvgIpc) is 2.47. The van der Waals surface area contributed by atoms with Crippen LogP contribution in [0.5, 0.6) is 0 Å². The summed E-state index contributed by atoms with van der Waals surface area (Å²) in [4.78, 5) is 2.42. The van der Waals surface area contributed by atoms with E-state index in [0.29, 0.717) is 0 Å². The van der Waals surface area contributed by atoms with Gasteiger partial charge in [0.25, 0.3) is 0 Å². The predicted molar refractivity (Wildman–Crippen MR) is 85.0 cm³/mol. The SMILES string of the molecule is CCN1CCOC(C(NN)c2cccc(C3CCC3)c2)C1. The molecule has 0 radical (unpaired) electrons. The number of nitrogens with zero attached hydrogens (tertiary/aromatic N) is 1. The van der Waals surface area contributed by atoms with E-state index in [1.165, 1.54) is 30.4 Å². The summed E-state index contributed by atoms with van der Waals surface area (Å²) in [6.45, 7) is 6.02. The third kappa shape index (κ3) is 3.29. The molecule has 3 N–H and O–H groups in total. The van der Waals surface area contributed by atoms with E-state index in [9.17, 15) is 0 Å². The van der Waals surface area contributed by atoms with E-state index in [1.807, 2.05) is 0 Å². The molecule has 2 fully saturated rings. The van der Waals surface area contributed by atoms with Gasteiger partial charge in [-0.1, -0.05) is 37.6 Å². The summed E-state index contributed by atoms with van der Waals surface area (Å²) in [6, 6.07) is 8.97. The van der Waals surface area contributed by atoms with Crippen molar-refractivity contribution in [2.75, 3.05) is 26.2 Å². The van der Waals surface area contributed by atoms with Crippen molar-refractivity contribution >= 4 is 0 Å². The summed E-state index contributed by atoms with van der Waals surface area (Å²) in [5, 5.41) is 0. The molecule has 1 saturated carbocycles. The first-order chi connectivity index (χ1) is 10.3. The van der Waals surface area contributed by atoms with Crippen molar-refractivity contribution < 1.29 is 4.74 Å². The van der Waals surface area contributed by atoms with Crippen LogP contribution in [0.1, 0.15) is 49.3 Å². The van der Waals surface area contributed by atoms with Crippen molar-refractivity contribution in [2.45, 2.75) is 44.2 Å². The molecule has 2 unspecified atom stereocenters. The molecular formula is C17H27N3O. The Kier molecular flexibility index (Phi) is 4.91. The highest BCUT2D eigenvalue weighted by atomic mass is 16.5. The van der Waals surface area contributed by atoms with Gasteiger partial charge in [0.2, 0.25) is 0 Å². The molecule has 1 aromatic carbocycles. The van der Waals surface area contributed by atoms with Gasteiger partial charge in [-0.3, -0.25) is 16.2 Å². The van der Waals surface area contributed by atoms with Gasteiger partial charge in [0.1, 0.15) is 0 Å². The second kappa shape index (κ2) is 6.88. The minimum absolute atomic E-state index is 0.0689. The molecule has 2 aliphatic rings. The maximum atomic E-state index is 5.97. The van der Waals surface area contributed by atoms with Crippen LogP contribution in [-0.2, 0) is 4.74 Å². The highest BCUT2D eigenvalue weighted by Crippen LogP contribution is 2.37. The van der Waals surface area contributed by atoms with Gasteiger partial charge in [-0.15, -0.1) is 0 Å². The number of morpholine rings is 1. The fraction of sp³-hybridized carbons (Fsp3) is 0.647. The fourth-order valence-electron chi connectivity index (χ4n) is 3.39. The number of hydrazine groups is 1. The van der Waals surface area contributed by atoms with Gasteiger partial charge in [-0.25, -0.2) is 0 Å². The largest absolute Gasteiger partial charge is 0.374 e. The summed E-state index contributed by atoms with van der Waals surface area (Å²) in [5.41, 5.74) is 5.70. The monoisotopic (exact) mass is 289 g/mol. The van der Waals surface area contributed by atoms with Gasteiger partial charge in [-0.2, -0.15) is 0 Å². The van der Waals surface area contributed by atoms with E-state index >= 15 is 0 Å². The van der Waals surface area contributed by atoms with Crippen LogP contribution in [0.3, 0.4) is 0 Å². The lowest BCUT2D eigenvalue weighted by Gasteiger charge is -2.36. The molecule has 0 spiro atoms. The van der Waals surface area contributed by atoms with Crippen LogP contribution < -0.4 is 11.3 Å². The van der Waals surface area contributed by atoms with Crippen LogP contribution in [-0.4, -0.2) is 37.2 Å². The van der Waals surface area contributed by atoms with E-state index in [-0.39, 0.29) is 12.1 Å². The number of nitrogens with two attached hydrogens (primary N) is 1. The Bertz CT molecular complexity index is 461. The second-order valence-corrected chi connectivity index (χ2v) is 6.24. The summed E-state index contributed by atoms with van der Waals surface area (Å²) in [5.74, 6) is 6.60. The highest BCUT2D eigenvalue weighted by molar-refractivity contribution is 5.30. The third-order valence-electron chi connectivity index (χ3n) is 5.02. The zero-order chi connectivity index (χ0) is 14.7. The smallest absolute Gasteiger partial charge is 0.0909 e. The summed E-state index contributed by atoms with van der Waals surface area (Å²) in [6.07, 6.45) is 4.15. The summed E-state index contributed by atoms with van der Waals surface area (Å²) < 4.78 is 5.97. The van der Waals surface area contributed by atoms with E-state index in [0.717, 1.165) is 32.2 Å². The minimum atomic E-state index is 0.0689. The zero-order valence-electron chi connectivity index (χ0n) is 12.9. The Morgan fingerprint density at radius 3 is 2.95 bits per heavy atom. The Morgan fingerprint density at radius 1 is 1.43 bits per heavy atom. The van der Waals surface area contributed by atoms with Crippen LogP contribution in [0.25, 0.3) is 0 Å². The first-order valence-electron chi connectivity index (χ1n) is 8.21. The molecule has 1 aliphatic heterocycles. The van der Waals surface area contributed by atoms with Crippen LogP contribution in [0, 0.1) is 0 Å². The van der Waals surface area contributed by atoms with Gasteiger partial charge in [0, 0.05) is 13.1 Å². The Morgan fingerprint density at radius 2 is 2.29 bits per heavy atom. The number of hydrogen-bond acceptors (Lipinski definition) is 4. The van der Waals surface area contributed by atoms with Gasteiger partial charge in [0.15, 0.2) is 0 Å². The molecule has 1 aromatic rings. The normalized spacial score (nSPS) is 25.5. The standard InChI is InChI=1S/C17H27N3O/c1-2-20-9-10-21-16(12-20)17(19-18)15-8-4-7-14(11-15)13-5-3-6-13/h4,7-8,11,13,16-17,19H,2-3,5-6,9-10,12,18H2,1H3. The molecule has 3 rings (SSSR count). The van der Waals surface area contributed by atoms with Crippen LogP contribution in [0.2, 0.25) is 0 Å². The van der Waals surface area contributed by atoms with E-state index in [2.05, 4.69) is 41.5 Å². The Balaban J connectivity index is 1.75. The molecule has 116 valence electrons. The molecular weight excluding hydrogens is 262 g/mol. The Hall–Kier alpha value is -0.940. The van der Waals surface area contributed by atoms with E-state index < -0.39 is 0 Å². The molecule has 1 aliphatic carbocycles. The number of nitrogens with one attached hydrogen (secondary N) is 1. The lowest BCUT2D eigenvalue weighted by atomic mass is 9.79. The van der Waals surface area contributed by atoms with Crippen molar-refractivity contribution in [2.24, 2.45) is 5.84 Å². The molecule has 0 aromatic heterocycles. The molecule has 4 heteroatoms. The summed E-state index contributed by atoms with van der Waals surface area (Å²) >= 11 is 0. The molecule has 2 atom stereocenters. The van der Waals surface area contributed by atoms with Gasteiger partial charge in [-0.05, 0) is 36.4 Å². The minimum Gasteiger partial charge on any atom is -0.374 e. The lowest BCUT2D eigenvalue weighted by molar-refractivity contribution is -0.0456. The maximum absolute atomic E-state index is 5.97. The molecule has 0 bridgehead atoms. The van der Waals surface area contributed by atoms with Crippen LogP contribution in [0.15, 0.2) is 24.3 Å². The van der Waals surface area contributed by atoms with E-state index in [4.69, 9.17) is 10.6 Å². The Labute approximate surface area is 127 Å². The third-order valence-corrected chi connectivity index (χ3v) is 5.02. The van der Waals surface area contributed by atoms with Crippen LogP contribution in [0.4, 0.5) is 0 Å². The highest BCUT2D eigenvalue weighted by Gasteiger charge is 2.29. The van der Waals surface area contributed by atoms with Crippen molar-refractivity contribution in [1.82, 2.24) is 10.3 Å². The molecule has 21 heavy (non-hydrogen) atoms. The van der Waals surface area contributed by atoms with Gasteiger partial charge < -0.3 is 4.74 Å². The van der Waals surface area contributed by atoms with Crippen LogP contribution >= 0.6 is 0 Å².